The van der Waals surface area contributed by atoms with Gasteiger partial charge in [-0.1, -0.05) is 135 Å². The molecule has 1 aliphatic heterocycles. The first kappa shape index (κ1) is 43.9. The second kappa shape index (κ2) is 24.8. The van der Waals surface area contributed by atoms with Crippen molar-refractivity contribution in [3.63, 3.8) is 0 Å². The van der Waals surface area contributed by atoms with Crippen LogP contribution in [-0.2, 0) is 11.2 Å². The summed E-state index contributed by atoms with van der Waals surface area (Å²) in [6.45, 7) is 20.4. The zero-order valence-electron chi connectivity index (χ0n) is 34.3. The molecule has 0 fully saturated rings. The fraction of sp³-hybridized carbons (Fsp3) is 0.723. The fourth-order valence-corrected chi connectivity index (χ4v) is 7.47. The predicted molar refractivity (Wildman–Crippen MR) is 218 cm³/mol. The smallest absolute Gasteiger partial charge is 0.311 e. The highest BCUT2D eigenvalue weighted by Crippen LogP contribution is 2.45. The summed E-state index contributed by atoms with van der Waals surface area (Å²) < 4.78 is 12.9. The van der Waals surface area contributed by atoms with Gasteiger partial charge in [0.2, 0.25) is 0 Å². The number of carbonyl (C=O) groups excluding carboxylic acids is 1. The maximum absolute atomic E-state index is 12.9. The van der Waals surface area contributed by atoms with E-state index in [1.807, 2.05) is 0 Å². The fourth-order valence-electron chi connectivity index (χ4n) is 7.47. The van der Waals surface area contributed by atoms with Gasteiger partial charge in [0.15, 0.2) is 0 Å². The third-order valence-corrected chi connectivity index (χ3v) is 11.1. The molecule has 3 nitrogen and oxygen atoms in total. The van der Waals surface area contributed by atoms with Crippen LogP contribution in [0.2, 0.25) is 0 Å². The van der Waals surface area contributed by atoms with Gasteiger partial charge in [-0.25, -0.2) is 0 Å². The van der Waals surface area contributed by atoms with E-state index in [9.17, 15) is 4.79 Å². The van der Waals surface area contributed by atoms with Crippen molar-refractivity contribution in [1.82, 2.24) is 0 Å². The van der Waals surface area contributed by atoms with Crippen LogP contribution in [0.15, 0.2) is 36.5 Å². The number of benzene rings is 1. The number of carbonyl (C=O) groups is 1. The first-order valence-electron chi connectivity index (χ1n) is 20.9. The van der Waals surface area contributed by atoms with Crippen LogP contribution in [0.1, 0.15) is 192 Å². The molecule has 1 aliphatic rings. The summed E-state index contributed by atoms with van der Waals surface area (Å²) in [6, 6.07) is 0. The van der Waals surface area contributed by atoms with Crippen LogP contribution in [0.3, 0.4) is 0 Å². The standard InChI is InChI=1S/C47H78O3/c1-10-11-12-13-14-15-16-17-18-19-20-21-22-23-24-33-44(48)49-45-40(6)41(7)46-43(42(45)8)34-36-47(9,50-46)35-27-32-39(5)31-26-30-38(4)29-25-28-37(2)3/h11-12,14-15,17-18,37-39H,10,13,16,19-36H2,1-9H3/b12-11-,15-14-,18-17-. The van der Waals surface area contributed by atoms with E-state index in [1.54, 1.807) is 0 Å². The number of rotatable bonds is 26. The molecular formula is C47H78O3. The number of hydrogen-bond acceptors (Lipinski definition) is 3. The maximum Gasteiger partial charge on any atom is 0.311 e. The summed E-state index contributed by atoms with van der Waals surface area (Å²) in [7, 11) is 0. The monoisotopic (exact) mass is 691 g/mol. The van der Waals surface area contributed by atoms with Crippen molar-refractivity contribution in [1.29, 1.82) is 0 Å². The highest BCUT2D eigenvalue weighted by Gasteiger charge is 2.34. The van der Waals surface area contributed by atoms with Gasteiger partial charge in [0.1, 0.15) is 17.1 Å². The molecule has 2 rings (SSSR count). The molecular weight excluding hydrogens is 613 g/mol. The SMILES string of the molecule is CC/C=C\C/C=C\C/C=C\CCCCCCCC(=O)Oc1c(C)c(C)c2c(c1C)CCC(C)(CCCC(C)CCCC(C)CCCC(C)C)O2. The van der Waals surface area contributed by atoms with Gasteiger partial charge in [-0.3, -0.25) is 4.79 Å². The summed E-state index contributed by atoms with van der Waals surface area (Å²) in [5.74, 6) is 4.18. The molecule has 1 aromatic carbocycles. The Balaban J connectivity index is 1.71. The Bertz CT molecular complexity index is 1190. The van der Waals surface area contributed by atoms with Crippen molar-refractivity contribution in [3.8, 4) is 11.5 Å². The van der Waals surface area contributed by atoms with Crippen LogP contribution in [0.4, 0.5) is 0 Å². The van der Waals surface area contributed by atoms with E-state index >= 15 is 0 Å². The molecule has 1 aromatic rings. The molecule has 284 valence electrons. The normalized spacial score (nSPS) is 17.6. The molecule has 3 unspecified atom stereocenters. The van der Waals surface area contributed by atoms with Crippen LogP contribution < -0.4 is 9.47 Å². The maximum atomic E-state index is 12.9. The van der Waals surface area contributed by atoms with Crippen LogP contribution in [-0.4, -0.2) is 11.6 Å². The molecule has 0 spiro atoms. The Hall–Kier alpha value is -2.29. The Morgan fingerprint density at radius 2 is 1.30 bits per heavy atom. The topological polar surface area (TPSA) is 35.5 Å². The second-order valence-electron chi connectivity index (χ2n) is 16.5. The van der Waals surface area contributed by atoms with Gasteiger partial charge < -0.3 is 9.47 Å². The number of allylic oxidation sites excluding steroid dienone is 6. The molecule has 0 saturated carbocycles. The van der Waals surface area contributed by atoms with Gasteiger partial charge in [-0.2, -0.15) is 0 Å². The summed E-state index contributed by atoms with van der Waals surface area (Å²) in [6.07, 6.45) is 37.7. The van der Waals surface area contributed by atoms with Crippen LogP contribution >= 0.6 is 0 Å². The van der Waals surface area contributed by atoms with Crippen molar-refractivity contribution in [2.45, 2.75) is 203 Å². The average Bonchev–Trinajstić information content (AvgIpc) is 3.07. The van der Waals surface area contributed by atoms with Gasteiger partial charge in [0.05, 0.1) is 0 Å². The highest BCUT2D eigenvalue weighted by atomic mass is 16.5. The van der Waals surface area contributed by atoms with Crippen molar-refractivity contribution < 1.29 is 14.3 Å². The Morgan fingerprint density at radius 3 is 1.96 bits per heavy atom. The lowest BCUT2D eigenvalue weighted by molar-refractivity contribution is -0.134. The Morgan fingerprint density at radius 1 is 0.720 bits per heavy atom. The van der Waals surface area contributed by atoms with E-state index in [4.69, 9.17) is 9.47 Å². The van der Waals surface area contributed by atoms with Crippen LogP contribution in [0.25, 0.3) is 0 Å². The zero-order valence-corrected chi connectivity index (χ0v) is 34.3. The van der Waals surface area contributed by atoms with Crippen molar-refractivity contribution >= 4 is 5.97 Å². The minimum absolute atomic E-state index is 0.104. The van der Waals surface area contributed by atoms with E-state index in [0.29, 0.717) is 6.42 Å². The van der Waals surface area contributed by atoms with Gasteiger partial charge in [0, 0.05) is 12.0 Å². The van der Waals surface area contributed by atoms with Crippen LogP contribution in [0.5, 0.6) is 11.5 Å². The first-order valence-corrected chi connectivity index (χ1v) is 20.9. The van der Waals surface area contributed by atoms with Crippen molar-refractivity contribution in [2.75, 3.05) is 0 Å². The lowest BCUT2D eigenvalue weighted by Gasteiger charge is -2.38. The predicted octanol–water partition coefficient (Wildman–Crippen LogP) is 14.6. The van der Waals surface area contributed by atoms with E-state index in [-0.39, 0.29) is 11.6 Å². The molecule has 0 amide bonds. The molecule has 0 bridgehead atoms. The van der Waals surface area contributed by atoms with E-state index in [0.717, 1.165) is 104 Å². The summed E-state index contributed by atoms with van der Waals surface area (Å²) in [4.78, 5) is 12.9. The number of hydrogen-bond donors (Lipinski definition) is 0. The number of unbranched alkanes of at least 4 members (excludes halogenated alkanes) is 5. The van der Waals surface area contributed by atoms with E-state index in [2.05, 4.69) is 98.8 Å². The average molecular weight is 691 g/mol. The van der Waals surface area contributed by atoms with Gasteiger partial charge in [-0.15, -0.1) is 0 Å². The minimum atomic E-state index is -0.126. The summed E-state index contributed by atoms with van der Waals surface area (Å²) >= 11 is 0. The molecule has 0 aliphatic carbocycles. The summed E-state index contributed by atoms with van der Waals surface area (Å²) in [5, 5.41) is 0. The molecule has 0 saturated heterocycles. The number of fused-ring (bicyclic) bond motifs is 1. The Kier molecular flexibility index (Phi) is 21.8. The molecule has 0 aromatic heterocycles. The Labute approximate surface area is 310 Å². The minimum Gasteiger partial charge on any atom is -0.487 e. The van der Waals surface area contributed by atoms with Gasteiger partial charge >= 0.3 is 5.97 Å². The summed E-state index contributed by atoms with van der Waals surface area (Å²) in [5.41, 5.74) is 4.37. The van der Waals surface area contributed by atoms with Gasteiger partial charge in [-0.05, 0) is 126 Å². The largest absolute Gasteiger partial charge is 0.487 e. The number of ether oxygens (including phenoxy) is 2. The first-order chi connectivity index (χ1) is 24.0. The molecule has 50 heavy (non-hydrogen) atoms. The molecule has 0 N–H and O–H groups in total. The van der Waals surface area contributed by atoms with E-state index < -0.39 is 0 Å². The lowest BCUT2D eigenvalue weighted by Crippen LogP contribution is -2.37. The van der Waals surface area contributed by atoms with Crippen LogP contribution in [0, 0.1) is 38.5 Å². The quantitative estimate of drug-likeness (QED) is 0.0420. The van der Waals surface area contributed by atoms with Gasteiger partial charge in [0.25, 0.3) is 0 Å². The van der Waals surface area contributed by atoms with E-state index in [1.165, 1.54) is 76.2 Å². The highest BCUT2D eigenvalue weighted by molar-refractivity contribution is 5.74. The molecule has 3 atom stereocenters. The third-order valence-electron chi connectivity index (χ3n) is 11.1. The number of esters is 1. The third kappa shape index (κ3) is 17.3. The molecule has 3 heteroatoms. The molecule has 1 heterocycles. The lowest BCUT2D eigenvalue weighted by atomic mass is 9.83. The zero-order chi connectivity index (χ0) is 36.8. The van der Waals surface area contributed by atoms with Crippen molar-refractivity contribution in [2.24, 2.45) is 17.8 Å². The second-order valence-corrected chi connectivity index (χ2v) is 16.5. The molecule has 0 radical (unpaired) electrons. The van der Waals surface area contributed by atoms with Crippen molar-refractivity contribution in [3.05, 3.63) is 58.7 Å².